The first-order valence-electron chi connectivity index (χ1n) is 8.12. The minimum absolute atomic E-state index is 0.233. The highest BCUT2D eigenvalue weighted by atomic mass is 16.5. The van der Waals surface area contributed by atoms with Gasteiger partial charge in [-0.2, -0.15) is 0 Å². The second-order valence-corrected chi connectivity index (χ2v) is 6.37. The van der Waals surface area contributed by atoms with Crippen LogP contribution in [0, 0.1) is 11.8 Å². The molecule has 0 aromatic carbocycles. The van der Waals surface area contributed by atoms with Gasteiger partial charge in [0.05, 0.1) is 5.92 Å². The SMILES string of the molecule is O=C(C1CCNC1)N1CCN(CC2CCOCC2)CC1. The molecule has 0 aromatic heterocycles. The summed E-state index contributed by atoms with van der Waals surface area (Å²) in [5.41, 5.74) is 0. The summed E-state index contributed by atoms with van der Waals surface area (Å²) in [7, 11) is 0. The standard InChI is InChI=1S/C15H27N3O2/c19-15(14-1-4-16-11-14)18-7-5-17(6-8-18)12-13-2-9-20-10-3-13/h13-14,16H,1-12H2. The van der Waals surface area contributed by atoms with Crippen LogP contribution in [-0.2, 0) is 9.53 Å². The topological polar surface area (TPSA) is 44.8 Å². The normalized spacial score (nSPS) is 29.8. The van der Waals surface area contributed by atoms with Crippen LogP contribution < -0.4 is 5.32 Å². The van der Waals surface area contributed by atoms with Crippen LogP contribution in [-0.4, -0.2) is 74.7 Å². The lowest BCUT2D eigenvalue weighted by Crippen LogP contribution is -2.51. The van der Waals surface area contributed by atoms with E-state index < -0.39 is 0 Å². The molecule has 3 heterocycles. The van der Waals surface area contributed by atoms with Crippen molar-refractivity contribution in [2.24, 2.45) is 11.8 Å². The number of ether oxygens (including phenoxy) is 1. The molecule has 1 N–H and O–H groups in total. The molecule has 0 spiro atoms. The number of nitrogens with zero attached hydrogens (tertiary/aromatic N) is 2. The highest BCUT2D eigenvalue weighted by Gasteiger charge is 2.29. The summed E-state index contributed by atoms with van der Waals surface area (Å²) in [5, 5.41) is 3.29. The number of carbonyl (C=O) groups excluding carboxylic acids is 1. The van der Waals surface area contributed by atoms with Gasteiger partial charge in [0.2, 0.25) is 5.91 Å². The summed E-state index contributed by atoms with van der Waals surface area (Å²) < 4.78 is 5.42. The van der Waals surface area contributed by atoms with Gasteiger partial charge in [-0.3, -0.25) is 9.69 Å². The molecule has 3 fully saturated rings. The summed E-state index contributed by atoms with van der Waals surface area (Å²) >= 11 is 0. The smallest absolute Gasteiger partial charge is 0.227 e. The van der Waals surface area contributed by atoms with E-state index in [1.807, 2.05) is 0 Å². The molecule has 5 nitrogen and oxygen atoms in total. The minimum Gasteiger partial charge on any atom is -0.381 e. The molecule has 0 aliphatic carbocycles. The fourth-order valence-electron chi connectivity index (χ4n) is 3.57. The summed E-state index contributed by atoms with van der Waals surface area (Å²) in [6, 6.07) is 0. The Morgan fingerprint density at radius 1 is 1.10 bits per heavy atom. The lowest BCUT2D eigenvalue weighted by molar-refractivity contribution is -0.136. The molecule has 0 aromatic rings. The number of piperazine rings is 1. The molecule has 3 aliphatic rings. The second-order valence-electron chi connectivity index (χ2n) is 6.37. The highest BCUT2D eigenvalue weighted by molar-refractivity contribution is 5.79. The zero-order chi connectivity index (χ0) is 13.8. The van der Waals surface area contributed by atoms with Crippen molar-refractivity contribution < 1.29 is 9.53 Å². The van der Waals surface area contributed by atoms with Crippen molar-refractivity contribution in [3.63, 3.8) is 0 Å². The summed E-state index contributed by atoms with van der Waals surface area (Å²) in [6.07, 6.45) is 3.42. The molecular weight excluding hydrogens is 254 g/mol. The molecule has 3 aliphatic heterocycles. The first-order chi connectivity index (χ1) is 9.83. The van der Waals surface area contributed by atoms with E-state index in [0.717, 1.165) is 64.8 Å². The maximum Gasteiger partial charge on any atom is 0.227 e. The first-order valence-corrected chi connectivity index (χ1v) is 8.12. The zero-order valence-corrected chi connectivity index (χ0v) is 12.4. The van der Waals surface area contributed by atoms with Crippen molar-refractivity contribution >= 4 is 5.91 Å². The summed E-state index contributed by atoms with van der Waals surface area (Å²) in [4.78, 5) is 17.0. The van der Waals surface area contributed by atoms with Gasteiger partial charge in [-0.05, 0) is 31.7 Å². The predicted octanol–water partition coefficient (Wildman–Crippen LogP) is 0.167. The van der Waals surface area contributed by atoms with Crippen LogP contribution in [0.5, 0.6) is 0 Å². The average Bonchev–Trinajstić information content (AvgIpc) is 3.03. The van der Waals surface area contributed by atoms with Crippen LogP contribution in [0.2, 0.25) is 0 Å². The number of hydrogen-bond acceptors (Lipinski definition) is 4. The molecule has 5 heteroatoms. The number of carbonyl (C=O) groups is 1. The molecule has 114 valence electrons. The Kier molecular flexibility index (Phi) is 4.91. The average molecular weight is 281 g/mol. The van der Waals surface area contributed by atoms with E-state index in [-0.39, 0.29) is 5.92 Å². The van der Waals surface area contributed by atoms with Gasteiger partial charge in [0.15, 0.2) is 0 Å². The molecule has 1 atom stereocenters. The van der Waals surface area contributed by atoms with Crippen LogP contribution >= 0.6 is 0 Å². The molecule has 1 amide bonds. The van der Waals surface area contributed by atoms with Crippen molar-refractivity contribution in [1.29, 1.82) is 0 Å². The van der Waals surface area contributed by atoms with Crippen LogP contribution in [0.3, 0.4) is 0 Å². The maximum absolute atomic E-state index is 12.3. The number of hydrogen-bond donors (Lipinski definition) is 1. The number of rotatable bonds is 3. The van der Waals surface area contributed by atoms with Crippen molar-refractivity contribution in [3.8, 4) is 0 Å². The van der Waals surface area contributed by atoms with Crippen molar-refractivity contribution in [2.75, 3.05) is 59.0 Å². The predicted molar refractivity (Wildman–Crippen MR) is 77.5 cm³/mol. The Hall–Kier alpha value is -0.650. The molecular formula is C15H27N3O2. The van der Waals surface area contributed by atoms with Crippen molar-refractivity contribution in [2.45, 2.75) is 19.3 Å². The number of amides is 1. The zero-order valence-electron chi connectivity index (χ0n) is 12.4. The second kappa shape index (κ2) is 6.87. The summed E-state index contributed by atoms with van der Waals surface area (Å²) in [5.74, 6) is 1.41. The molecule has 0 saturated carbocycles. The lowest BCUT2D eigenvalue weighted by atomic mass is 9.99. The largest absolute Gasteiger partial charge is 0.381 e. The van der Waals surface area contributed by atoms with E-state index >= 15 is 0 Å². The van der Waals surface area contributed by atoms with Gasteiger partial charge in [-0.25, -0.2) is 0 Å². The maximum atomic E-state index is 12.3. The van der Waals surface area contributed by atoms with Gasteiger partial charge < -0.3 is 15.0 Å². The van der Waals surface area contributed by atoms with Gasteiger partial charge in [0.1, 0.15) is 0 Å². The Bertz CT molecular complexity index is 317. The van der Waals surface area contributed by atoms with E-state index in [4.69, 9.17) is 4.74 Å². The third-order valence-electron chi connectivity index (χ3n) is 4.95. The Balaban J connectivity index is 1.40. The fraction of sp³-hybridized carbons (Fsp3) is 0.933. The molecule has 20 heavy (non-hydrogen) atoms. The lowest BCUT2D eigenvalue weighted by Gasteiger charge is -2.38. The number of nitrogens with one attached hydrogen (secondary N) is 1. The molecule has 1 unspecified atom stereocenters. The van der Waals surface area contributed by atoms with Gasteiger partial charge in [-0.1, -0.05) is 0 Å². The van der Waals surface area contributed by atoms with Crippen LogP contribution in [0.15, 0.2) is 0 Å². The van der Waals surface area contributed by atoms with Gasteiger partial charge >= 0.3 is 0 Å². The van der Waals surface area contributed by atoms with E-state index in [9.17, 15) is 4.79 Å². The first kappa shape index (κ1) is 14.3. The molecule has 3 saturated heterocycles. The fourth-order valence-corrected chi connectivity index (χ4v) is 3.57. The Morgan fingerprint density at radius 3 is 2.50 bits per heavy atom. The van der Waals surface area contributed by atoms with Gasteiger partial charge in [0, 0.05) is 52.5 Å². The van der Waals surface area contributed by atoms with Crippen LogP contribution in [0.25, 0.3) is 0 Å². The monoisotopic (exact) mass is 281 g/mol. The third kappa shape index (κ3) is 3.51. The van der Waals surface area contributed by atoms with Crippen molar-refractivity contribution in [1.82, 2.24) is 15.1 Å². The van der Waals surface area contributed by atoms with Crippen LogP contribution in [0.1, 0.15) is 19.3 Å². The van der Waals surface area contributed by atoms with Crippen molar-refractivity contribution in [3.05, 3.63) is 0 Å². The van der Waals surface area contributed by atoms with Gasteiger partial charge in [0.25, 0.3) is 0 Å². The Morgan fingerprint density at radius 2 is 1.85 bits per heavy atom. The van der Waals surface area contributed by atoms with Gasteiger partial charge in [-0.15, -0.1) is 0 Å². The highest BCUT2D eigenvalue weighted by Crippen LogP contribution is 2.18. The quantitative estimate of drug-likeness (QED) is 0.801. The molecule has 0 radical (unpaired) electrons. The summed E-state index contributed by atoms with van der Waals surface area (Å²) in [6.45, 7) is 8.84. The minimum atomic E-state index is 0.233. The van der Waals surface area contributed by atoms with Crippen LogP contribution in [0.4, 0.5) is 0 Å². The Labute approximate surface area is 121 Å². The molecule has 3 rings (SSSR count). The third-order valence-corrected chi connectivity index (χ3v) is 4.95. The van der Waals surface area contributed by atoms with E-state index in [0.29, 0.717) is 5.91 Å². The van der Waals surface area contributed by atoms with E-state index in [1.165, 1.54) is 19.4 Å². The van der Waals surface area contributed by atoms with E-state index in [1.54, 1.807) is 0 Å². The van der Waals surface area contributed by atoms with E-state index in [2.05, 4.69) is 15.1 Å². The molecule has 0 bridgehead atoms.